The lowest BCUT2D eigenvalue weighted by atomic mass is 9.98. The minimum Gasteiger partial charge on any atom is -0.317 e. The van der Waals surface area contributed by atoms with Gasteiger partial charge in [-0.2, -0.15) is 57.1 Å². The Morgan fingerprint density at radius 1 is 0.767 bits per heavy atom. The molecule has 0 spiro atoms. The van der Waals surface area contributed by atoms with Gasteiger partial charge in [0.2, 0.25) is 10.0 Å². The first-order chi connectivity index (χ1) is 13.0. The minimum absolute atomic E-state index is 0.0354. The Hall–Kier alpha value is -2.01. The van der Waals surface area contributed by atoms with E-state index >= 15 is 0 Å². The molecule has 0 atom stereocenters. The van der Waals surface area contributed by atoms with Gasteiger partial charge in [0, 0.05) is 11.6 Å². The van der Waals surface area contributed by atoms with E-state index in [2.05, 4.69) is 0 Å². The van der Waals surface area contributed by atoms with Gasteiger partial charge in [0.15, 0.2) is 12.4 Å². The van der Waals surface area contributed by atoms with E-state index in [-0.39, 0.29) is 10.2 Å². The maximum Gasteiger partial charge on any atom is 0.460 e. The predicted octanol–water partition coefficient (Wildman–Crippen LogP) is 4.45. The van der Waals surface area contributed by atoms with Crippen LogP contribution in [0.5, 0.6) is 0 Å². The average Bonchev–Trinajstić information content (AvgIpc) is 2.52. The Kier molecular flexibility index (Phi) is 6.08. The first-order valence-electron chi connectivity index (χ1n) is 6.89. The molecule has 0 bridgehead atoms. The summed E-state index contributed by atoms with van der Waals surface area (Å²) < 4.78 is 191. The molecule has 174 valence electrons. The molecule has 0 saturated heterocycles. The molecular formula is C12H7F13N2O2S. The first-order valence-corrected chi connectivity index (χ1v) is 8.33. The molecule has 0 aliphatic rings. The maximum absolute atomic E-state index is 13.7. The SMILES string of the molecule is Cc1ccc[n+]([N-]S(=O)(=O)C(F)(F)C(F)(F)C(F)(F)C(F)(F)C(F)(F)C(F)(F)F)c1. The number of sulfonamides is 1. The molecule has 0 fully saturated rings. The monoisotopic (exact) mass is 490 g/mol. The van der Waals surface area contributed by atoms with E-state index in [0.717, 1.165) is 6.07 Å². The molecule has 30 heavy (non-hydrogen) atoms. The van der Waals surface area contributed by atoms with Crippen molar-refractivity contribution in [1.29, 1.82) is 0 Å². The highest BCUT2D eigenvalue weighted by molar-refractivity contribution is 7.94. The number of alkyl halides is 13. The molecule has 1 aromatic heterocycles. The summed E-state index contributed by atoms with van der Waals surface area (Å²) >= 11 is 0. The first kappa shape index (κ1) is 26.0. The summed E-state index contributed by atoms with van der Waals surface area (Å²) in [5.41, 5.74) is 0.0354. The zero-order valence-corrected chi connectivity index (χ0v) is 14.7. The van der Waals surface area contributed by atoms with Gasteiger partial charge >= 0.3 is 35.1 Å². The van der Waals surface area contributed by atoms with Crippen LogP contribution in [0.2, 0.25) is 0 Å². The van der Waals surface area contributed by atoms with E-state index in [1.54, 1.807) is 0 Å². The van der Waals surface area contributed by atoms with Crippen LogP contribution >= 0.6 is 0 Å². The van der Waals surface area contributed by atoms with Gasteiger partial charge < -0.3 is 4.83 Å². The van der Waals surface area contributed by atoms with Crippen LogP contribution < -0.4 is 4.68 Å². The largest absolute Gasteiger partial charge is 0.460 e. The van der Waals surface area contributed by atoms with Gasteiger partial charge in [-0.15, -0.1) is 0 Å². The van der Waals surface area contributed by atoms with Crippen molar-refractivity contribution in [3.8, 4) is 0 Å². The number of rotatable bonds is 7. The standard InChI is InChI=1S/C12H7F13N2O2S/c1-6-3-2-4-27(5-6)26-30(28,29)12(24,25)10(19,20)8(15,16)7(13,14)9(17,18)11(21,22)23/h2-5H,1H3. The molecule has 1 heterocycles. The molecule has 0 amide bonds. The third kappa shape index (κ3) is 3.62. The van der Waals surface area contributed by atoms with Crippen LogP contribution in [-0.2, 0) is 10.0 Å². The van der Waals surface area contributed by atoms with E-state index in [1.807, 2.05) is 4.83 Å². The summed E-state index contributed by atoms with van der Waals surface area (Å²) in [4.78, 5) is 1.97. The maximum atomic E-state index is 13.7. The van der Waals surface area contributed by atoms with Crippen LogP contribution in [0.25, 0.3) is 4.83 Å². The van der Waals surface area contributed by atoms with Gasteiger partial charge in [-0.05, 0) is 13.0 Å². The summed E-state index contributed by atoms with van der Waals surface area (Å²) in [5, 5.41) is -7.36. The molecule has 0 unspecified atom stereocenters. The lowest BCUT2D eigenvalue weighted by Crippen LogP contribution is -2.71. The number of aromatic nitrogens is 1. The normalized spacial score (nSPS) is 15.3. The molecule has 18 heteroatoms. The van der Waals surface area contributed by atoms with Gasteiger partial charge in [-0.1, -0.05) is 0 Å². The highest BCUT2D eigenvalue weighted by Crippen LogP contribution is 2.61. The fourth-order valence-corrected chi connectivity index (χ4v) is 2.63. The predicted molar refractivity (Wildman–Crippen MR) is 69.8 cm³/mol. The Labute approximate surface area is 158 Å². The minimum atomic E-state index is -8.22. The van der Waals surface area contributed by atoms with Gasteiger partial charge in [0.05, 0.1) is 0 Å². The van der Waals surface area contributed by atoms with Crippen molar-refractivity contribution < 1.29 is 70.2 Å². The van der Waals surface area contributed by atoms with E-state index in [9.17, 15) is 65.5 Å². The van der Waals surface area contributed by atoms with E-state index in [1.165, 1.54) is 13.0 Å². The average molecular weight is 490 g/mol. The summed E-state index contributed by atoms with van der Waals surface area (Å²) in [7, 11) is -7.25. The summed E-state index contributed by atoms with van der Waals surface area (Å²) in [6.45, 7) is 1.18. The Morgan fingerprint density at radius 2 is 1.20 bits per heavy atom. The van der Waals surface area contributed by atoms with E-state index in [4.69, 9.17) is 0 Å². The van der Waals surface area contributed by atoms with Gasteiger partial charge in [-0.25, -0.2) is 13.1 Å². The number of halogens is 13. The van der Waals surface area contributed by atoms with Crippen molar-refractivity contribution in [3.63, 3.8) is 0 Å². The zero-order valence-electron chi connectivity index (χ0n) is 13.8. The number of pyridine rings is 1. The van der Waals surface area contributed by atoms with Crippen LogP contribution in [0.3, 0.4) is 0 Å². The number of nitrogens with zero attached hydrogens (tertiary/aromatic N) is 2. The lowest BCUT2D eigenvalue weighted by Gasteiger charge is -2.40. The highest BCUT2D eigenvalue weighted by atomic mass is 32.2. The molecule has 0 radical (unpaired) electrons. The topological polar surface area (TPSA) is 52.1 Å². The molecule has 4 nitrogen and oxygen atoms in total. The molecule has 0 aliphatic carbocycles. The Morgan fingerprint density at radius 3 is 1.60 bits per heavy atom. The van der Waals surface area contributed by atoms with Gasteiger partial charge in [0.1, 0.15) is 0 Å². The van der Waals surface area contributed by atoms with Crippen LogP contribution in [-0.4, -0.2) is 43.5 Å². The van der Waals surface area contributed by atoms with Crippen molar-refractivity contribution in [2.24, 2.45) is 0 Å². The Balaban J connectivity index is 3.54. The third-order valence-electron chi connectivity index (χ3n) is 3.36. The van der Waals surface area contributed by atoms with Gasteiger partial charge in [0.25, 0.3) is 0 Å². The fourth-order valence-electron chi connectivity index (χ4n) is 1.72. The third-order valence-corrected chi connectivity index (χ3v) is 4.67. The summed E-state index contributed by atoms with van der Waals surface area (Å²) in [6.07, 6.45) is -6.55. The molecule has 0 aliphatic heterocycles. The second-order valence-electron chi connectivity index (χ2n) is 5.63. The van der Waals surface area contributed by atoms with Crippen molar-refractivity contribution in [3.05, 3.63) is 34.9 Å². The van der Waals surface area contributed by atoms with E-state index < -0.39 is 45.1 Å². The van der Waals surface area contributed by atoms with E-state index in [0.29, 0.717) is 12.4 Å². The van der Waals surface area contributed by atoms with Crippen LogP contribution in [0.15, 0.2) is 24.5 Å². The summed E-state index contributed by atoms with van der Waals surface area (Å²) in [6, 6.07) is 2.07. The molecule has 0 aromatic carbocycles. The van der Waals surface area contributed by atoms with Crippen LogP contribution in [0.4, 0.5) is 57.1 Å². The second kappa shape index (κ2) is 7.01. The molecule has 0 N–H and O–H groups in total. The highest BCUT2D eigenvalue weighted by Gasteiger charge is 2.92. The molecule has 1 rings (SSSR count). The molecular weight excluding hydrogens is 483 g/mol. The number of hydrogen-bond donors (Lipinski definition) is 0. The summed E-state index contributed by atoms with van der Waals surface area (Å²) in [5.74, 6) is -32.3. The second-order valence-corrected chi connectivity index (χ2v) is 7.26. The van der Waals surface area contributed by atoms with Crippen LogP contribution in [0, 0.1) is 6.92 Å². The van der Waals surface area contributed by atoms with Crippen molar-refractivity contribution in [1.82, 2.24) is 0 Å². The van der Waals surface area contributed by atoms with Crippen LogP contribution in [0.1, 0.15) is 5.56 Å². The van der Waals surface area contributed by atoms with Crippen molar-refractivity contribution >= 4 is 10.0 Å². The molecule has 0 saturated carbocycles. The quantitative estimate of drug-likeness (QED) is 0.419. The fraction of sp³-hybridized carbons (Fsp3) is 0.583. The van der Waals surface area contributed by atoms with Gasteiger partial charge in [-0.3, -0.25) is 0 Å². The van der Waals surface area contributed by atoms with Crippen molar-refractivity contribution in [2.45, 2.75) is 42.0 Å². The van der Waals surface area contributed by atoms with Crippen molar-refractivity contribution in [2.75, 3.05) is 0 Å². The smallest absolute Gasteiger partial charge is 0.317 e. The lowest BCUT2D eigenvalue weighted by molar-refractivity contribution is -0.614. The number of aryl methyl sites for hydroxylation is 1. The Bertz CT molecular complexity index is 896. The molecule has 1 aromatic rings. The zero-order chi connectivity index (χ0) is 24.2. The number of hydrogen-bond acceptors (Lipinski definition) is 2.